The third kappa shape index (κ3) is 2.84. The van der Waals surface area contributed by atoms with Crippen molar-refractivity contribution in [2.75, 3.05) is 7.11 Å². The summed E-state index contributed by atoms with van der Waals surface area (Å²) in [6.45, 7) is 0. The minimum absolute atomic E-state index is 0.172. The number of hydrogen-bond donors (Lipinski definition) is 0. The standard InChI is InChI=1S/C14H17FO2/c1-17-14-7-6-11(9-13(14)15)10-4-2-3-5-12(16)8-10/h6-7,9-10H,2-5,8H2,1H3. The summed E-state index contributed by atoms with van der Waals surface area (Å²) < 4.78 is 18.5. The molecule has 3 heteroatoms. The molecule has 17 heavy (non-hydrogen) atoms. The quantitative estimate of drug-likeness (QED) is 0.735. The molecule has 1 atom stereocenters. The van der Waals surface area contributed by atoms with Crippen molar-refractivity contribution in [1.29, 1.82) is 0 Å². The highest BCUT2D eigenvalue weighted by Crippen LogP contribution is 2.32. The molecule has 1 aromatic carbocycles. The topological polar surface area (TPSA) is 26.3 Å². The maximum absolute atomic E-state index is 13.6. The van der Waals surface area contributed by atoms with E-state index in [1.165, 1.54) is 13.2 Å². The number of Topliss-reactive ketones (excluding diaryl/α,β-unsaturated/α-hetero) is 1. The van der Waals surface area contributed by atoms with Crippen LogP contribution in [0.4, 0.5) is 4.39 Å². The van der Waals surface area contributed by atoms with E-state index in [-0.39, 0.29) is 17.5 Å². The molecule has 0 heterocycles. The third-order valence-corrected chi connectivity index (χ3v) is 3.38. The van der Waals surface area contributed by atoms with Crippen LogP contribution in [0.1, 0.15) is 43.6 Å². The van der Waals surface area contributed by atoms with Crippen LogP contribution in [0, 0.1) is 5.82 Å². The Balaban J connectivity index is 2.20. The maximum atomic E-state index is 13.6. The van der Waals surface area contributed by atoms with E-state index in [0.29, 0.717) is 18.6 Å². The number of benzene rings is 1. The molecule has 1 saturated carbocycles. The Hall–Kier alpha value is -1.38. The summed E-state index contributed by atoms with van der Waals surface area (Å²) in [4.78, 5) is 11.6. The smallest absolute Gasteiger partial charge is 0.165 e. The highest BCUT2D eigenvalue weighted by atomic mass is 19.1. The summed E-state index contributed by atoms with van der Waals surface area (Å²) in [5.74, 6) is 0.379. The molecule has 0 saturated heterocycles. The molecule has 92 valence electrons. The van der Waals surface area contributed by atoms with Crippen LogP contribution in [0.5, 0.6) is 5.75 Å². The summed E-state index contributed by atoms with van der Waals surface area (Å²) in [5, 5.41) is 0. The zero-order valence-electron chi connectivity index (χ0n) is 10.0. The average molecular weight is 236 g/mol. The lowest BCUT2D eigenvalue weighted by atomic mass is 9.91. The van der Waals surface area contributed by atoms with Gasteiger partial charge in [0.25, 0.3) is 0 Å². The summed E-state index contributed by atoms with van der Waals surface area (Å²) in [5.41, 5.74) is 0.915. The van der Waals surface area contributed by atoms with Crippen molar-refractivity contribution >= 4 is 5.78 Å². The lowest BCUT2D eigenvalue weighted by Crippen LogP contribution is -2.04. The number of methoxy groups -OCH3 is 1. The van der Waals surface area contributed by atoms with Gasteiger partial charge in [0.2, 0.25) is 0 Å². The minimum Gasteiger partial charge on any atom is -0.494 e. The summed E-state index contributed by atoms with van der Waals surface area (Å²) in [7, 11) is 1.45. The molecule has 0 radical (unpaired) electrons. The first-order valence-electron chi connectivity index (χ1n) is 6.06. The van der Waals surface area contributed by atoms with Crippen LogP contribution in [-0.2, 0) is 4.79 Å². The maximum Gasteiger partial charge on any atom is 0.165 e. The molecule has 0 bridgehead atoms. The molecule has 0 aliphatic heterocycles. The first kappa shape index (κ1) is 12.1. The number of rotatable bonds is 2. The van der Waals surface area contributed by atoms with Gasteiger partial charge in [0, 0.05) is 12.8 Å². The van der Waals surface area contributed by atoms with E-state index in [9.17, 15) is 9.18 Å². The van der Waals surface area contributed by atoms with Crippen LogP contribution in [0.25, 0.3) is 0 Å². The number of halogens is 1. The van der Waals surface area contributed by atoms with Gasteiger partial charge in [0.1, 0.15) is 5.78 Å². The second-order valence-electron chi connectivity index (χ2n) is 4.58. The lowest BCUT2D eigenvalue weighted by molar-refractivity contribution is -0.119. The monoisotopic (exact) mass is 236 g/mol. The van der Waals surface area contributed by atoms with Crippen molar-refractivity contribution in [1.82, 2.24) is 0 Å². The molecular weight excluding hydrogens is 219 g/mol. The fourth-order valence-corrected chi connectivity index (χ4v) is 2.41. The zero-order valence-corrected chi connectivity index (χ0v) is 10.0. The van der Waals surface area contributed by atoms with Gasteiger partial charge >= 0.3 is 0 Å². The molecule has 1 unspecified atom stereocenters. The minimum atomic E-state index is -0.346. The van der Waals surface area contributed by atoms with E-state index in [0.717, 1.165) is 24.8 Å². The number of hydrogen-bond acceptors (Lipinski definition) is 2. The molecule has 2 nitrogen and oxygen atoms in total. The van der Waals surface area contributed by atoms with E-state index in [1.807, 2.05) is 6.07 Å². The molecule has 1 aliphatic carbocycles. The molecular formula is C14H17FO2. The van der Waals surface area contributed by atoms with Gasteiger partial charge in [-0.15, -0.1) is 0 Å². The first-order valence-corrected chi connectivity index (χ1v) is 6.06. The van der Waals surface area contributed by atoms with E-state index in [2.05, 4.69) is 0 Å². The SMILES string of the molecule is COc1ccc(C2CCCCC(=O)C2)cc1F. The van der Waals surface area contributed by atoms with Gasteiger partial charge in [-0.3, -0.25) is 4.79 Å². The molecule has 1 fully saturated rings. The molecule has 0 N–H and O–H groups in total. The van der Waals surface area contributed by atoms with Crippen molar-refractivity contribution in [3.05, 3.63) is 29.6 Å². The van der Waals surface area contributed by atoms with Gasteiger partial charge < -0.3 is 4.74 Å². The van der Waals surface area contributed by atoms with Crippen molar-refractivity contribution in [3.63, 3.8) is 0 Å². The predicted molar refractivity (Wildman–Crippen MR) is 63.8 cm³/mol. The van der Waals surface area contributed by atoms with Crippen LogP contribution in [0.3, 0.4) is 0 Å². The number of carbonyl (C=O) groups excluding carboxylic acids is 1. The Bertz CT molecular complexity index is 415. The first-order chi connectivity index (χ1) is 8.20. The fourth-order valence-electron chi connectivity index (χ4n) is 2.41. The highest BCUT2D eigenvalue weighted by molar-refractivity contribution is 5.79. The van der Waals surface area contributed by atoms with Crippen molar-refractivity contribution in [2.24, 2.45) is 0 Å². The molecule has 1 aliphatic rings. The second kappa shape index (κ2) is 5.30. The van der Waals surface area contributed by atoms with Gasteiger partial charge in [-0.05, 0) is 36.5 Å². The Morgan fingerprint density at radius 2 is 2.18 bits per heavy atom. The Labute approximate surface area is 101 Å². The van der Waals surface area contributed by atoms with E-state index in [1.54, 1.807) is 6.07 Å². The van der Waals surface area contributed by atoms with E-state index >= 15 is 0 Å². The number of ketones is 1. The second-order valence-corrected chi connectivity index (χ2v) is 4.58. The molecule has 0 aromatic heterocycles. The van der Waals surface area contributed by atoms with Crippen LogP contribution in [-0.4, -0.2) is 12.9 Å². The van der Waals surface area contributed by atoms with E-state index in [4.69, 9.17) is 4.74 Å². The van der Waals surface area contributed by atoms with Gasteiger partial charge in [0.05, 0.1) is 7.11 Å². The lowest BCUT2D eigenvalue weighted by Gasteiger charge is -2.14. The number of ether oxygens (including phenoxy) is 1. The molecule has 2 rings (SSSR count). The fraction of sp³-hybridized carbons (Fsp3) is 0.500. The summed E-state index contributed by atoms with van der Waals surface area (Å²) >= 11 is 0. The van der Waals surface area contributed by atoms with Gasteiger partial charge in [-0.2, -0.15) is 0 Å². The Kier molecular flexibility index (Phi) is 3.77. The van der Waals surface area contributed by atoms with Crippen LogP contribution in [0.2, 0.25) is 0 Å². The summed E-state index contributed by atoms with van der Waals surface area (Å²) in [6, 6.07) is 5.01. The number of carbonyl (C=O) groups is 1. The largest absolute Gasteiger partial charge is 0.494 e. The Morgan fingerprint density at radius 3 is 2.88 bits per heavy atom. The average Bonchev–Trinajstić information content (AvgIpc) is 2.54. The normalized spacial score (nSPS) is 21.1. The van der Waals surface area contributed by atoms with Gasteiger partial charge in [-0.1, -0.05) is 12.5 Å². The van der Waals surface area contributed by atoms with Gasteiger partial charge in [-0.25, -0.2) is 4.39 Å². The van der Waals surface area contributed by atoms with Crippen LogP contribution < -0.4 is 4.74 Å². The van der Waals surface area contributed by atoms with Crippen LogP contribution in [0.15, 0.2) is 18.2 Å². The van der Waals surface area contributed by atoms with E-state index < -0.39 is 0 Å². The predicted octanol–water partition coefficient (Wildman–Crippen LogP) is 3.45. The third-order valence-electron chi connectivity index (χ3n) is 3.38. The highest BCUT2D eigenvalue weighted by Gasteiger charge is 2.20. The van der Waals surface area contributed by atoms with Crippen molar-refractivity contribution in [2.45, 2.75) is 38.0 Å². The van der Waals surface area contributed by atoms with Crippen molar-refractivity contribution < 1.29 is 13.9 Å². The zero-order chi connectivity index (χ0) is 12.3. The summed E-state index contributed by atoms with van der Waals surface area (Å²) in [6.07, 6.45) is 4.20. The molecule has 0 spiro atoms. The van der Waals surface area contributed by atoms with Gasteiger partial charge in [0.15, 0.2) is 11.6 Å². The Morgan fingerprint density at radius 1 is 1.35 bits per heavy atom. The van der Waals surface area contributed by atoms with Crippen LogP contribution >= 0.6 is 0 Å². The van der Waals surface area contributed by atoms with Crippen molar-refractivity contribution in [3.8, 4) is 5.75 Å². The molecule has 0 amide bonds. The molecule has 1 aromatic rings.